The first kappa shape index (κ1) is 8.47. The Labute approximate surface area is 82.2 Å². The van der Waals surface area contributed by atoms with Gasteiger partial charge in [0.05, 0.1) is 0 Å². The maximum absolute atomic E-state index is 5.86. The summed E-state index contributed by atoms with van der Waals surface area (Å²) in [6.07, 6.45) is 5.09. The molecule has 0 saturated heterocycles. The number of hydrogen-bond acceptors (Lipinski definition) is 0. The average molecular weight is 214 g/mol. The van der Waals surface area contributed by atoms with Crippen LogP contribution >= 0.6 is 34.8 Å². The Hall–Kier alpha value is 0.870. The summed E-state index contributed by atoms with van der Waals surface area (Å²) >= 11 is 17.6. The Morgan fingerprint density at radius 2 is 1.73 bits per heavy atom. The van der Waals surface area contributed by atoms with Gasteiger partial charge in [-0.05, 0) is 31.1 Å². The number of halogens is 3. The smallest absolute Gasteiger partial charge is 0.0834 e. The van der Waals surface area contributed by atoms with Crippen molar-refractivity contribution in [1.82, 2.24) is 0 Å². The molecule has 0 spiro atoms. The molecule has 0 amide bonds. The maximum Gasteiger partial charge on any atom is 0.193 e. The number of hydrogen-bond donors (Lipinski definition) is 0. The molecule has 2 bridgehead atoms. The Bertz CT molecular complexity index is 161. The quantitative estimate of drug-likeness (QED) is 0.537. The van der Waals surface area contributed by atoms with Crippen molar-refractivity contribution in [2.24, 2.45) is 17.8 Å². The molecular weight excluding hydrogens is 202 g/mol. The Morgan fingerprint density at radius 1 is 1.00 bits per heavy atom. The van der Waals surface area contributed by atoms with Crippen molar-refractivity contribution in [3.8, 4) is 0 Å². The third kappa shape index (κ3) is 1.50. The summed E-state index contributed by atoms with van der Waals surface area (Å²) in [5.74, 6) is 1.90. The van der Waals surface area contributed by atoms with E-state index in [1.54, 1.807) is 0 Å². The molecule has 2 aliphatic rings. The maximum atomic E-state index is 5.86. The van der Waals surface area contributed by atoms with Crippen LogP contribution < -0.4 is 0 Å². The van der Waals surface area contributed by atoms with Crippen molar-refractivity contribution in [3.63, 3.8) is 0 Å². The van der Waals surface area contributed by atoms with E-state index in [-0.39, 0.29) is 0 Å². The monoisotopic (exact) mass is 212 g/mol. The van der Waals surface area contributed by atoms with Gasteiger partial charge >= 0.3 is 0 Å². The predicted molar refractivity (Wildman–Crippen MR) is 49.2 cm³/mol. The van der Waals surface area contributed by atoms with E-state index in [0.29, 0.717) is 11.8 Å². The molecule has 0 aliphatic heterocycles. The van der Waals surface area contributed by atoms with Gasteiger partial charge in [0.15, 0.2) is 3.79 Å². The van der Waals surface area contributed by atoms with Gasteiger partial charge in [0.2, 0.25) is 0 Å². The largest absolute Gasteiger partial charge is 0.193 e. The fourth-order valence-corrected chi connectivity index (χ4v) is 3.45. The fourth-order valence-electron chi connectivity index (χ4n) is 2.65. The lowest BCUT2D eigenvalue weighted by molar-refractivity contribution is 0.337. The van der Waals surface area contributed by atoms with E-state index in [1.807, 2.05) is 0 Å². The Balaban J connectivity index is 2.08. The summed E-state index contributed by atoms with van der Waals surface area (Å²) in [5.41, 5.74) is 0. The zero-order valence-electron chi connectivity index (χ0n) is 6.19. The van der Waals surface area contributed by atoms with Gasteiger partial charge in [0.25, 0.3) is 0 Å². The van der Waals surface area contributed by atoms with Crippen LogP contribution in [-0.4, -0.2) is 3.79 Å². The van der Waals surface area contributed by atoms with E-state index in [1.165, 1.54) is 19.3 Å². The van der Waals surface area contributed by atoms with Gasteiger partial charge in [-0.2, -0.15) is 0 Å². The van der Waals surface area contributed by atoms with E-state index in [4.69, 9.17) is 34.8 Å². The topological polar surface area (TPSA) is 0 Å². The molecule has 0 aromatic rings. The normalized spacial score (nSPS) is 43.4. The predicted octanol–water partition coefficient (Wildman–Crippen LogP) is 3.79. The summed E-state index contributed by atoms with van der Waals surface area (Å²) in [7, 11) is 0. The molecule has 2 aliphatic carbocycles. The highest BCUT2D eigenvalue weighted by atomic mass is 35.6. The van der Waals surface area contributed by atoms with E-state index < -0.39 is 3.79 Å². The summed E-state index contributed by atoms with van der Waals surface area (Å²) in [4.78, 5) is 0. The second-order valence-electron chi connectivity index (χ2n) is 3.82. The minimum Gasteiger partial charge on any atom is -0.0834 e. The van der Waals surface area contributed by atoms with Gasteiger partial charge in [-0.1, -0.05) is 41.2 Å². The molecule has 11 heavy (non-hydrogen) atoms. The number of fused-ring (bicyclic) bond motifs is 2. The molecule has 0 unspecified atom stereocenters. The lowest BCUT2D eigenvalue weighted by Crippen LogP contribution is -2.24. The molecule has 0 N–H and O–H groups in total. The summed E-state index contributed by atoms with van der Waals surface area (Å²) in [5, 5.41) is 0. The summed E-state index contributed by atoms with van der Waals surface area (Å²) < 4.78 is -1.00. The zero-order chi connectivity index (χ0) is 8.06. The van der Waals surface area contributed by atoms with Crippen LogP contribution in [0.2, 0.25) is 0 Å². The molecule has 0 heterocycles. The molecule has 2 rings (SSSR count). The van der Waals surface area contributed by atoms with Crippen LogP contribution in [0.4, 0.5) is 0 Å². The third-order valence-electron chi connectivity index (χ3n) is 3.16. The minimum atomic E-state index is -1.00. The standard InChI is InChI=1S/C8H11Cl3/c9-8(10,11)7-4-5-1-2-6(7)3-5/h5-7H,1-4H2/t5-,6+,7+/m0/s1. The highest BCUT2D eigenvalue weighted by Crippen LogP contribution is 2.56. The SMILES string of the molecule is ClC(Cl)(Cl)[C@@H]1C[C@H]2CC[C@@H]1C2. The molecule has 3 heteroatoms. The van der Waals surface area contributed by atoms with Crippen LogP contribution in [0.25, 0.3) is 0 Å². The third-order valence-corrected chi connectivity index (χ3v) is 4.00. The highest BCUT2D eigenvalue weighted by Gasteiger charge is 2.48. The summed E-state index contributed by atoms with van der Waals surface area (Å²) in [6, 6.07) is 0. The molecule has 3 atom stereocenters. The molecule has 0 nitrogen and oxygen atoms in total. The van der Waals surface area contributed by atoms with Crippen molar-refractivity contribution >= 4 is 34.8 Å². The lowest BCUT2D eigenvalue weighted by atomic mass is 9.90. The van der Waals surface area contributed by atoms with Crippen molar-refractivity contribution in [2.45, 2.75) is 29.5 Å². The second kappa shape index (κ2) is 2.68. The molecule has 0 radical (unpaired) electrons. The van der Waals surface area contributed by atoms with Crippen molar-refractivity contribution in [3.05, 3.63) is 0 Å². The van der Waals surface area contributed by atoms with Crippen LogP contribution in [0.5, 0.6) is 0 Å². The lowest BCUT2D eigenvalue weighted by Gasteiger charge is -2.27. The van der Waals surface area contributed by atoms with Crippen LogP contribution in [-0.2, 0) is 0 Å². The van der Waals surface area contributed by atoms with Gasteiger partial charge < -0.3 is 0 Å². The average Bonchev–Trinajstić information content (AvgIpc) is 2.42. The van der Waals surface area contributed by atoms with E-state index >= 15 is 0 Å². The van der Waals surface area contributed by atoms with Crippen molar-refractivity contribution < 1.29 is 0 Å². The fraction of sp³-hybridized carbons (Fsp3) is 1.00. The van der Waals surface area contributed by atoms with Gasteiger partial charge in [-0.3, -0.25) is 0 Å². The number of alkyl halides is 3. The summed E-state index contributed by atoms with van der Waals surface area (Å²) in [6.45, 7) is 0. The second-order valence-corrected chi connectivity index (χ2v) is 6.19. The molecule has 2 saturated carbocycles. The van der Waals surface area contributed by atoms with Crippen LogP contribution in [0.1, 0.15) is 25.7 Å². The molecule has 64 valence electrons. The minimum absolute atomic E-state index is 0.339. The van der Waals surface area contributed by atoms with Crippen LogP contribution in [0, 0.1) is 17.8 Å². The van der Waals surface area contributed by atoms with E-state index in [2.05, 4.69) is 0 Å². The number of rotatable bonds is 0. The van der Waals surface area contributed by atoms with Crippen LogP contribution in [0.3, 0.4) is 0 Å². The first-order chi connectivity index (χ1) is 5.07. The molecule has 2 fully saturated rings. The Kier molecular flexibility index (Phi) is 2.06. The van der Waals surface area contributed by atoms with Crippen molar-refractivity contribution in [2.75, 3.05) is 0 Å². The van der Waals surface area contributed by atoms with Crippen molar-refractivity contribution in [1.29, 1.82) is 0 Å². The molecule has 0 aromatic heterocycles. The zero-order valence-corrected chi connectivity index (χ0v) is 8.46. The molecule has 0 aromatic carbocycles. The van der Waals surface area contributed by atoms with Gasteiger partial charge in [-0.15, -0.1) is 0 Å². The van der Waals surface area contributed by atoms with Gasteiger partial charge in [-0.25, -0.2) is 0 Å². The Morgan fingerprint density at radius 3 is 2.00 bits per heavy atom. The first-order valence-electron chi connectivity index (χ1n) is 4.14. The van der Waals surface area contributed by atoms with Gasteiger partial charge in [0.1, 0.15) is 0 Å². The molecular formula is C8H11Cl3. The first-order valence-corrected chi connectivity index (χ1v) is 5.27. The van der Waals surface area contributed by atoms with E-state index in [0.717, 1.165) is 12.3 Å². The van der Waals surface area contributed by atoms with Crippen LogP contribution in [0.15, 0.2) is 0 Å². The highest BCUT2D eigenvalue weighted by molar-refractivity contribution is 6.67. The van der Waals surface area contributed by atoms with Gasteiger partial charge in [0, 0.05) is 5.92 Å². The van der Waals surface area contributed by atoms with E-state index in [9.17, 15) is 0 Å².